The quantitative estimate of drug-likeness (QED) is 0.253. The molecule has 1 fully saturated rings. The van der Waals surface area contributed by atoms with Crippen molar-refractivity contribution in [3.8, 4) is 0 Å². The number of ether oxygens (including phenoxy) is 1. The standard InChI is InChI=1S/C26H32N4O9/c31-23(32)15-29(16-24(33)34)11-12-39-22-10-2-1-9-21(22)30(13-17-5-3-7-19(27-17)25(35)36)14-18-6-4-8-20(28-18)26(37)38/h3-8,21-22H,1-2,9-16H2,(H,31,32)(H,33,34)(H,35,36)(H,37,38). The Hall–Kier alpha value is -3.94. The first-order chi connectivity index (χ1) is 18.6. The highest BCUT2D eigenvalue weighted by Gasteiger charge is 2.32. The van der Waals surface area contributed by atoms with E-state index in [4.69, 9.17) is 14.9 Å². The van der Waals surface area contributed by atoms with Crippen LogP contribution in [0.5, 0.6) is 0 Å². The average molecular weight is 545 g/mol. The van der Waals surface area contributed by atoms with Crippen LogP contribution in [0.4, 0.5) is 0 Å². The number of hydrogen-bond donors (Lipinski definition) is 4. The number of carboxylic acid groups (broad SMARTS) is 4. The highest BCUT2D eigenvalue weighted by molar-refractivity contribution is 5.85. The van der Waals surface area contributed by atoms with Crippen LogP contribution in [-0.2, 0) is 27.4 Å². The largest absolute Gasteiger partial charge is 0.480 e. The van der Waals surface area contributed by atoms with Crippen molar-refractivity contribution in [1.82, 2.24) is 19.8 Å². The Kier molecular flexibility index (Phi) is 10.8. The lowest BCUT2D eigenvalue weighted by molar-refractivity contribution is -0.142. The fraction of sp³-hybridized carbons (Fsp3) is 0.462. The molecule has 0 bridgehead atoms. The van der Waals surface area contributed by atoms with Crippen LogP contribution in [0.2, 0.25) is 0 Å². The van der Waals surface area contributed by atoms with Gasteiger partial charge in [-0.1, -0.05) is 25.0 Å². The maximum absolute atomic E-state index is 11.5. The van der Waals surface area contributed by atoms with Crippen LogP contribution >= 0.6 is 0 Å². The van der Waals surface area contributed by atoms with Gasteiger partial charge in [-0.3, -0.25) is 19.4 Å². The number of carboxylic acids is 4. The van der Waals surface area contributed by atoms with Crippen LogP contribution in [0.25, 0.3) is 0 Å². The number of rotatable bonds is 15. The van der Waals surface area contributed by atoms with Gasteiger partial charge in [0.25, 0.3) is 0 Å². The first kappa shape index (κ1) is 29.6. The molecule has 1 aliphatic rings. The summed E-state index contributed by atoms with van der Waals surface area (Å²) in [6.07, 6.45) is 3.00. The third kappa shape index (κ3) is 9.39. The van der Waals surface area contributed by atoms with Crippen molar-refractivity contribution in [3.63, 3.8) is 0 Å². The number of aliphatic carboxylic acids is 2. The first-order valence-electron chi connectivity index (χ1n) is 12.5. The molecule has 4 N–H and O–H groups in total. The van der Waals surface area contributed by atoms with Crippen molar-refractivity contribution in [2.75, 3.05) is 26.2 Å². The van der Waals surface area contributed by atoms with Crippen molar-refractivity contribution in [3.05, 3.63) is 59.2 Å². The molecule has 2 aromatic rings. The predicted molar refractivity (Wildman–Crippen MR) is 135 cm³/mol. The predicted octanol–water partition coefficient (Wildman–Crippen LogP) is 1.67. The van der Waals surface area contributed by atoms with Gasteiger partial charge < -0.3 is 25.2 Å². The first-order valence-corrected chi connectivity index (χ1v) is 12.5. The summed E-state index contributed by atoms with van der Waals surface area (Å²) in [6, 6.07) is 9.31. The minimum absolute atomic E-state index is 0.0909. The van der Waals surface area contributed by atoms with Crippen LogP contribution < -0.4 is 0 Å². The minimum Gasteiger partial charge on any atom is -0.480 e. The second-order valence-corrected chi connectivity index (χ2v) is 9.30. The smallest absolute Gasteiger partial charge is 0.354 e. The molecule has 13 nitrogen and oxygen atoms in total. The van der Waals surface area contributed by atoms with Gasteiger partial charge in [-0.25, -0.2) is 19.6 Å². The zero-order valence-corrected chi connectivity index (χ0v) is 21.3. The molecule has 3 rings (SSSR count). The molecule has 210 valence electrons. The van der Waals surface area contributed by atoms with Crippen LogP contribution in [0.1, 0.15) is 58.0 Å². The second kappa shape index (κ2) is 14.3. The molecule has 39 heavy (non-hydrogen) atoms. The second-order valence-electron chi connectivity index (χ2n) is 9.30. The Morgan fingerprint density at radius 1 is 0.795 bits per heavy atom. The lowest BCUT2D eigenvalue weighted by Gasteiger charge is -2.40. The van der Waals surface area contributed by atoms with Crippen LogP contribution in [-0.4, -0.2) is 102 Å². The summed E-state index contributed by atoms with van der Waals surface area (Å²) in [4.78, 5) is 56.9. The third-order valence-electron chi connectivity index (χ3n) is 6.38. The fourth-order valence-corrected chi connectivity index (χ4v) is 4.70. The highest BCUT2D eigenvalue weighted by atomic mass is 16.5. The SMILES string of the molecule is O=C(O)CN(CCOC1CCCCC1N(Cc1cccc(C(=O)O)n1)Cc1cccc(C(=O)O)n1)CC(=O)O. The molecule has 0 saturated heterocycles. The van der Waals surface area contributed by atoms with Crippen molar-refractivity contribution in [1.29, 1.82) is 0 Å². The molecule has 2 unspecified atom stereocenters. The zero-order chi connectivity index (χ0) is 28.4. The lowest BCUT2D eigenvalue weighted by atomic mass is 9.90. The van der Waals surface area contributed by atoms with E-state index in [-0.39, 0.29) is 49.8 Å². The number of aromatic carboxylic acids is 2. The number of nitrogens with zero attached hydrogens (tertiary/aromatic N) is 4. The van der Waals surface area contributed by atoms with Crippen LogP contribution in [0, 0.1) is 0 Å². The molecule has 2 aromatic heterocycles. The molecule has 0 spiro atoms. The van der Waals surface area contributed by atoms with E-state index in [1.165, 1.54) is 17.0 Å². The average Bonchev–Trinajstić information content (AvgIpc) is 2.88. The normalized spacial score (nSPS) is 17.3. The summed E-state index contributed by atoms with van der Waals surface area (Å²) in [5, 5.41) is 36.9. The van der Waals surface area contributed by atoms with E-state index >= 15 is 0 Å². The van der Waals surface area contributed by atoms with Gasteiger partial charge in [-0.15, -0.1) is 0 Å². The highest BCUT2D eigenvalue weighted by Crippen LogP contribution is 2.28. The van der Waals surface area contributed by atoms with Gasteiger partial charge >= 0.3 is 23.9 Å². The topological polar surface area (TPSA) is 191 Å². The molecule has 1 aliphatic carbocycles. The van der Waals surface area contributed by atoms with Crippen molar-refractivity contribution in [2.45, 2.75) is 50.9 Å². The fourth-order valence-electron chi connectivity index (χ4n) is 4.70. The Bertz CT molecular complexity index is 1100. The monoisotopic (exact) mass is 544 g/mol. The van der Waals surface area contributed by atoms with Gasteiger partial charge in [0.1, 0.15) is 11.4 Å². The van der Waals surface area contributed by atoms with Gasteiger partial charge in [0, 0.05) is 25.7 Å². The summed E-state index contributed by atoms with van der Waals surface area (Å²) in [5.74, 6) is -4.56. The van der Waals surface area contributed by atoms with Crippen molar-refractivity contribution in [2.24, 2.45) is 0 Å². The van der Waals surface area contributed by atoms with E-state index in [0.717, 1.165) is 19.3 Å². The van der Waals surface area contributed by atoms with Gasteiger partial charge in [0.15, 0.2) is 0 Å². The van der Waals surface area contributed by atoms with Gasteiger partial charge in [-0.05, 0) is 37.1 Å². The summed E-state index contributed by atoms with van der Waals surface area (Å²) in [7, 11) is 0. The lowest BCUT2D eigenvalue weighted by Crippen LogP contribution is -2.47. The van der Waals surface area contributed by atoms with Crippen LogP contribution in [0.15, 0.2) is 36.4 Å². The van der Waals surface area contributed by atoms with Gasteiger partial charge in [0.05, 0.1) is 37.2 Å². The maximum atomic E-state index is 11.5. The number of pyridine rings is 2. The van der Waals surface area contributed by atoms with E-state index in [0.29, 0.717) is 17.8 Å². The summed E-state index contributed by atoms with van der Waals surface area (Å²) in [5.41, 5.74) is 0.851. The van der Waals surface area contributed by atoms with E-state index in [1.54, 1.807) is 24.3 Å². The van der Waals surface area contributed by atoms with E-state index < -0.39 is 37.0 Å². The Labute approximate surface area is 224 Å². The summed E-state index contributed by atoms with van der Waals surface area (Å²) >= 11 is 0. The van der Waals surface area contributed by atoms with Crippen molar-refractivity contribution < 1.29 is 44.3 Å². The van der Waals surface area contributed by atoms with E-state index in [1.807, 2.05) is 4.90 Å². The molecule has 0 radical (unpaired) electrons. The molecule has 13 heteroatoms. The molecule has 1 saturated carbocycles. The van der Waals surface area contributed by atoms with E-state index in [2.05, 4.69) is 9.97 Å². The molecule has 0 aromatic carbocycles. The van der Waals surface area contributed by atoms with Gasteiger partial charge in [0.2, 0.25) is 0 Å². The summed E-state index contributed by atoms with van der Waals surface area (Å²) in [6.45, 7) is -0.0923. The zero-order valence-electron chi connectivity index (χ0n) is 21.3. The number of carbonyl (C=O) groups is 4. The molecule has 2 atom stereocenters. The number of hydrogen-bond acceptors (Lipinski definition) is 9. The third-order valence-corrected chi connectivity index (χ3v) is 6.38. The number of aromatic nitrogens is 2. The van der Waals surface area contributed by atoms with Gasteiger partial charge in [-0.2, -0.15) is 0 Å². The molecular weight excluding hydrogens is 512 g/mol. The molecule has 2 heterocycles. The molecular formula is C26H32N4O9. The molecule has 0 amide bonds. The maximum Gasteiger partial charge on any atom is 0.354 e. The summed E-state index contributed by atoms with van der Waals surface area (Å²) < 4.78 is 6.17. The molecule has 0 aliphatic heterocycles. The Balaban J connectivity index is 1.81. The Morgan fingerprint density at radius 3 is 1.79 bits per heavy atom. The van der Waals surface area contributed by atoms with Crippen LogP contribution in [0.3, 0.4) is 0 Å². The Morgan fingerprint density at radius 2 is 1.31 bits per heavy atom. The van der Waals surface area contributed by atoms with Crippen molar-refractivity contribution >= 4 is 23.9 Å². The minimum atomic E-state index is -1.15. The van der Waals surface area contributed by atoms with E-state index in [9.17, 15) is 29.4 Å².